The molecule has 0 unspecified atom stereocenters. The fourth-order valence-electron chi connectivity index (χ4n) is 3.74. The molecule has 33 heavy (non-hydrogen) atoms. The van der Waals surface area contributed by atoms with Gasteiger partial charge in [0.1, 0.15) is 11.5 Å². The quantitative estimate of drug-likeness (QED) is 0.241. The Morgan fingerprint density at radius 3 is 2.67 bits per heavy atom. The first-order chi connectivity index (χ1) is 15.7. The molecular formula is C24H24ClFN6O. The van der Waals surface area contributed by atoms with Crippen LogP contribution in [-0.2, 0) is 6.42 Å². The van der Waals surface area contributed by atoms with E-state index in [1.54, 1.807) is 48.7 Å². The minimum absolute atomic E-state index is 0.0417. The molecule has 6 N–H and O–H groups in total. The molecule has 0 amide bonds. The summed E-state index contributed by atoms with van der Waals surface area (Å²) < 4.78 is 16.3. The predicted molar refractivity (Wildman–Crippen MR) is 130 cm³/mol. The van der Waals surface area contributed by atoms with Crippen molar-refractivity contribution >= 4 is 28.5 Å². The van der Waals surface area contributed by atoms with Crippen molar-refractivity contribution in [3.63, 3.8) is 0 Å². The molecule has 2 aromatic carbocycles. The van der Waals surface area contributed by atoms with Crippen molar-refractivity contribution in [2.75, 3.05) is 0 Å². The number of fused-ring (bicyclic) bond motifs is 1. The second kappa shape index (κ2) is 9.17. The summed E-state index contributed by atoms with van der Waals surface area (Å²) in [4.78, 5) is 19.8. The third-order valence-corrected chi connectivity index (χ3v) is 5.74. The van der Waals surface area contributed by atoms with Crippen LogP contribution in [0.1, 0.15) is 30.9 Å². The van der Waals surface area contributed by atoms with E-state index in [0.717, 1.165) is 24.8 Å². The van der Waals surface area contributed by atoms with Gasteiger partial charge in [-0.3, -0.25) is 9.98 Å². The fraction of sp³-hybridized carbons (Fsp3) is 0.208. The van der Waals surface area contributed by atoms with Crippen LogP contribution in [0.25, 0.3) is 28.0 Å². The molecule has 1 atom stereocenters. The average Bonchev–Trinajstić information content (AvgIpc) is 3.17. The van der Waals surface area contributed by atoms with E-state index in [0.29, 0.717) is 33.5 Å². The number of nitrogens with one attached hydrogen (secondary N) is 2. The van der Waals surface area contributed by atoms with Gasteiger partial charge in [-0.15, -0.1) is 0 Å². The molecule has 0 aliphatic heterocycles. The normalized spacial score (nSPS) is 12.2. The Hall–Kier alpha value is -3.49. The molecule has 7 nitrogen and oxygen atoms in total. The van der Waals surface area contributed by atoms with Gasteiger partial charge in [-0.05, 0) is 74.2 Å². The van der Waals surface area contributed by atoms with Gasteiger partial charge in [-0.1, -0.05) is 11.6 Å². The number of hydrogen-bond donors (Lipinski definition) is 4. The van der Waals surface area contributed by atoms with Crippen LogP contribution in [0.4, 0.5) is 4.39 Å². The molecule has 2 heterocycles. The molecular weight excluding hydrogens is 443 g/mol. The summed E-state index contributed by atoms with van der Waals surface area (Å²) in [5, 5.41) is 8.17. The number of aromatic amines is 1. The highest BCUT2D eigenvalue weighted by molar-refractivity contribution is 6.31. The monoisotopic (exact) mass is 466 g/mol. The molecule has 0 radical (unpaired) electrons. The number of halogens is 2. The van der Waals surface area contributed by atoms with E-state index in [1.807, 2.05) is 6.92 Å². The van der Waals surface area contributed by atoms with E-state index in [-0.39, 0.29) is 16.9 Å². The van der Waals surface area contributed by atoms with Crippen LogP contribution in [0.3, 0.4) is 0 Å². The largest absolute Gasteiger partial charge is 0.384 e. The van der Waals surface area contributed by atoms with E-state index >= 15 is 0 Å². The van der Waals surface area contributed by atoms with Crippen LogP contribution in [-0.4, -0.2) is 26.4 Å². The van der Waals surface area contributed by atoms with Crippen LogP contribution in [0.15, 0.2) is 53.5 Å². The summed E-state index contributed by atoms with van der Waals surface area (Å²) in [5.74, 6) is -0.590. The zero-order valence-corrected chi connectivity index (χ0v) is 18.8. The van der Waals surface area contributed by atoms with Crippen LogP contribution in [0.2, 0.25) is 5.02 Å². The van der Waals surface area contributed by atoms with Gasteiger partial charge in [-0.25, -0.2) is 9.18 Å². The smallest absolute Gasteiger partial charge is 0.354 e. The van der Waals surface area contributed by atoms with Crippen molar-refractivity contribution in [1.82, 2.24) is 14.5 Å². The van der Waals surface area contributed by atoms with E-state index < -0.39 is 11.5 Å². The maximum Gasteiger partial charge on any atom is 0.354 e. The minimum Gasteiger partial charge on any atom is -0.384 e. The molecule has 9 heteroatoms. The maximum atomic E-state index is 14.9. The summed E-state index contributed by atoms with van der Waals surface area (Å²) in [6, 6.07) is 11.9. The lowest BCUT2D eigenvalue weighted by atomic mass is 10.0. The molecule has 0 saturated heterocycles. The highest BCUT2D eigenvalue weighted by Crippen LogP contribution is 2.31. The number of nitrogen functional groups attached to an aromatic ring is 1. The molecule has 4 rings (SSSR count). The maximum absolute atomic E-state index is 14.9. The number of aromatic nitrogens is 3. The molecule has 0 fully saturated rings. The standard InChI is InChI=1S/C24H24ClFN6O/c1-13(27)3-2-4-14-9-18(21(26)19(25)10-14)20-11-16-12-32(24(33)31-23(16)30-20)17-7-5-15(6-8-17)22(28)29/h5-13H,2-4,27H2,1H3,(H3,28,29)(H,30,31,33)/t13-/m0/s1. The Morgan fingerprint density at radius 2 is 2.00 bits per heavy atom. The molecule has 2 aromatic heterocycles. The molecule has 0 saturated carbocycles. The second-order valence-corrected chi connectivity index (χ2v) is 8.56. The third-order valence-electron chi connectivity index (χ3n) is 5.47. The topological polar surface area (TPSA) is 127 Å². The van der Waals surface area contributed by atoms with E-state index in [2.05, 4.69) is 9.97 Å². The van der Waals surface area contributed by atoms with Gasteiger partial charge < -0.3 is 16.5 Å². The molecule has 0 spiro atoms. The number of nitrogens with two attached hydrogens (primary N) is 2. The average molecular weight is 467 g/mol. The number of aryl methyl sites for hydroxylation is 1. The van der Waals surface area contributed by atoms with Gasteiger partial charge in [0.25, 0.3) is 0 Å². The summed E-state index contributed by atoms with van der Waals surface area (Å²) in [5.41, 5.74) is 14.0. The third kappa shape index (κ3) is 4.81. The van der Waals surface area contributed by atoms with Crippen LogP contribution in [0.5, 0.6) is 0 Å². The SMILES string of the molecule is C[C@H](N)CCCc1cc(Cl)c(F)c(-c2cc3cn(-c4ccc(C(=N)N)cc4)c(=O)nc3[nH]2)c1. The summed E-state index contributed by atoms with van der Waals surface area (Å²) in [6.07, 6.45) is 4.10. The first kappa shape index (κ1) is 22.7. The van der Waals surface area contributed by atoms with Crippen molar-refractivity contribution in [3.05, 3.63) is 81.1 Å². The first-order valence-corrected chi connectivity index (χ1v) is 10.9. The van der Waals surface area contributed by atoms with Crippen molar-refractivity contribution in [1.29, 1.82) is 5.41 Å². The van der Waals surface area contributed by atoms with Gasteiger partial charge in [0, 0.05) is 28.8 Å². The Kier molecular flexibility index (Phi) is 6.31. The van der Waals surface area contributed by atoms with Gasteiger partial charge in [0.05, 0.1) is 16.4 Å². The summed E-state index contributed by atoms with van der Waals surface area (Å²) in [6.45, 7) is 1.95. The van der Waals surface area contributed by atoms with E-state index in [9.17, 15) is 9.18 Å². The number of hydrogen-bond acceptors (Lipinski definition) is 4. The lowest BCUT2D eigenvalue weighted by Crippen LogP contribution is -2.20. The summed E-state index contributed by atoms with van der Waals surface area (Å²) in [7, 11) is 0. The predicted octanol–water partition coefficient (Wildman–Crippen LogP) is 4.13. The zero-order valence-electron chi connectivity index (χ0n) is 18.0. The second-order valence-electron chi connectivity index (χ2n) is 8.15. The van der Waals surface area contributed by atoms with Gasteiger partial charge in [0.2, 0.25) is 0 Å². The van der Waals surface area contributed by atoms with Gasteiger partial charge in [0.15, 0.2) is 5.82 Å². The van der Waals surface area contributed by atoms with Gasteiger partial charge >= 0.3 is 5.69 Å². The molecule has 4 aromatic rings. The Bertz CT molecular complexity index is 1390. The van der Waals surface area contributed by atoms with Crippen molar-refractivity contribution in [2.45, 2.75) is 32.2 Å². The molecule has 0 bridgehead atoms. The van der Waals surface area contributed by atoms with Crippen LogP contribution in [0, 0.1) is 11.2 Å². The number of amidine groups is 1. The number of nitrogens with zero attached hydrogens (tertiary/aromatic N) is 2. The van der Waals surface area contributed by atoms with E-state index in [4.69, 9.17) is 28.5 Å². The van der Waals surface area contributed by atoms with Crippen molar-refractivity contribution in [3.8, 4) is 16.9 Å². The van der Waals surface area contributed by atoms with Crippen molar-refractivity contribution in [2.24, 2.45) is 11.5 Å². The number of H-pyrrole nitrogens is 1. The molecule has 170 valence electrons. The lowest BCUT2D eigenvalue weighted by Gasteiger charge is -2.09. The van der Waals surface area contributed by atoms with Gasteiger partial charge in [-0.2, -0.15) is 4.98 Å². The van der Waals surface area contributed by atoms with Crippen LogP contribution >= 0.6 is 11.6 Å². The molecule has 0 aliphatic rings. The van der Waals surface area contributed by atoms with Crippen LogP contribution < -0.4 is 17.2 Å². The molecule has 0 aliphatic carbocycles. The number of rotatable bonds is 7. The fourth-order valence-corrected chi connectivity index (χ4v) is 3.98. The van der Waals surface area contributed by atoms with E-state index in [1.165, 1.54) is 4.57 Å². The number of benzene rings is 2. The van der Waals surface area contributed by atoms with Crippen molar-refractivity contribution < 1.29 is 4.39 Å². The Balaban J connectivity index is 1.72. The lowest BCUT2D eigenvalue weighted by molar-refractivity contribution is 0.618. The highest BCUT2D eigenvalue weighted by Gasteiger charge is 2.15. The highest BCUT2D eigenvalue weighted by atomic mass is 35.5. The first-order valence-electron chi connectivity index (χ1n) is 10.5. The minimum atomic E-state index is -0.533. The Labute approximate surface area is 194 Å². The summed E-state index contributed by atoms with van der Waals surface area (Å²) >= 11 is 6.17. The Morgan fingerprint density at radius 1 is 1.27 bits per heavy atom. The zero-order chi connectivity index (χ0) is 23.7.